The molecule has 0 aliphatic rings. The van der Waals surface area contributed by atoms with Crippen LogP contribution in [0.5, 0.6) is 0 Å². The van der Waals surface area contributed by atoms with E-state index in [4.69, 9.17) is 6.42 Å². The lowest BCUT2D eigenvalue weighted by Gasteiger charge is -1.79. The van der Waals surface area contributed by atoms with Crippen LogP contribution in [0.3, 0.4) is 0 Å². The summed E-state index contributed by atoms with van der Waals surface area (Å²) in [6, 6.07) is 0. The first kappa shape index (κ1) is 7.30. The molecule has 0 spiro atoms. The quantitative estimate of drug-likeness (QED) is 0.384. The summed E-state index contributed by atoms with van der Waals surface area (Å²) in [7, 11) is 0. The summed E-state index contributed by atoms with van der Waals surface area (Å²) < 4.78 is 0. The first-order valence-electron chi connectivity index (χ1n) is 3.00. The Balaban J connectivity index is 2.98. The fraction of sp³-hybridized carbons (Fsp3) is 0.500. The average Bonchev–Trinajstić information content (AvgIpc) is 1.81. The predicted octanol–water partition coefficient (Wildman–Crippen LogP) is 2.37. The Morgan fingerprint density at radius 1 is 1.50 bits per heavy atom. The Morgan fingerprint density at radius 2 is 2.25 bits per heavy atom. The molecule has 0 amide bonds. The molecule has 0 nitrogen and oxygen atoms in total. The molecule has 0 aromatic carbocycles. The van der Waals surface area contributed by atoms with Crippen molar-refractivity contribution in [2.24, 2.45) is 0 Å². The predicted molar refractivity (Wildman–Crippen MR) is 37.5 cm³/mol. The van der Waals surface area contributed by atoms with Crippen molar-refractivity contribution < 1.29 is 0 Å². The molecule has 0 rings (SSSR count). The van der Waals surface area contributed by atoms with Crippen LogP contribution in [0, 0.1) is 12.3 Å². The van der Waals surface area contributed by atoms with Crippen molar-refractivity contribution in [2.75, 3.05) is 0 Å². The van der Waals surface area contributed by atoms with Crippen LogP contribution in [0.4, 0.5) is 0 Å². The summed E-state index contributed by atoms with van der Waals surface area (Å²) in [6.45, 7) is 2.15. The van der Waals surface area contributed by atoms with Gasteiger partial charge in [0.15, 0.2) is 0 Å². The smallest absolute Gasteiger partial charge is 0.0267 e. The van der Waals surface area contributed by atoms with Crippen LogP contribution in [-0.4, -0.2) is 0 Å². The molecule has 0 aromatic rings. The maximum absolute atomic E-state index is 5.01. The van der Waals surface area contributed by atoms with Gasteiger partial charge in [0.1, 0.15) is 0 Å². The fourth-order valence-corrected chi connectivity index (χ4v) is 0.436. The first-order chi connectivity index (χ1) is 3.91. The van der Waals surface area contributed by atoms with Gasteiger partial charge >= 0.3 is 0 Å². The minimum Gasteiger partial charge on any atom is -0.120 e. The maximum atomic E-state index is 5.01. The van der Waals surface area contributed by atoms with E-state index in [-0.39, 0.29) is 0 Å². The SMILES string of the molecule is C#CC/C=C/CCC. The number of rotatable bonds is 3. The molecule has 0 aliphatic heterocycles. The molecule has 0 N–H and O–H groups in total. The van der Waals surface area contributed by atoms with Crippen LogP contribution in [-0.2, 0) is 0 Å². The van der Waals surface area contributed by atoms with Gasteiger partial charge in [0.2, 0.25) is 0 Å². The lowest BCUT2D eigenvalue weighted by Crippen LogP contribution is -1.60. The van der Waals surface area contributed by atoms with Crippen LogP contribution in [0.2, 0.25) is 0 Å². The summed E-state index contributed by atoms with van der Waals surface area (Å²) in [5, 5.41) is 0. The number of allylic oxidation sites excluding steroid dienone is 2. The van der Waals surface area contributed by atoms with Crippen molar-refractivity contribution in [3.8, 4) is 12.3 Å². The zero-order valence-corrected chi connectivity index (χ0v) is 5.35. The van der Waals surface area contributed by atoms with Crippen molar-refractivity contribution >= 4 is 0 Å². The Labute approximate surface area is 51.6 Å². The second kappa shape index (κ2) is 6.30. The van der Waals surface area contributed by atoms with Gasteiger partial charge in [-0.3, -0.25) is 0 Å². The van der Waals surface area contributed by atoms with Gasteiger partial charge in [-0.2, -0.15) is 0 Å². The van der Waals surface area contributed by atoms with E-state index in [1.54, 1.807) is 0 Å². The highest BCUT2D eigenvalue weighted by Gasteiger charge is 1.69. The number of terminal acetylenes is 1. The van der Waals surface area contributed by atoms with Crippen molar-refractivity contribution in [2.45, 2.75) is 26.2 Å². The van der Waals surface area contributed by atoms with Gasteiger partial charge in [0.05, 0.1) is 0 Å². The largest absolute Gasteiger partial charge is 0.120 e. The van der Waals surface area contributed by atoms with Crippen LogP contribution in [0.1, 0.15) is 26.2 Å². The monoisotopic (exact) mass is 108 g/mol. The van der Waals surface area contributed by atoms with Gasteiger partial charge in [-0.1, -0.05) is 25.5 Å². The third kappa shape index (κ3) is 5.30. The molecule has 0 radical (unpaired) electrons. The Morgan fingerprint density at radius 3 is 2.75 bits per heavy atom. The van der Waals surface area contributed by atoms with E-state index in [1.165, 1.54) is 6.42 Å². The van der Waals surface area contributed by atoms with E-state index in [0.717, 1.165) is 12.8 Å². The summed E-state index contributed by atoms with van der Waals surface area (Å²) in [5.74, 6) is 2.54. The van der Waals surface area contributed by atoms with Crippen molar-refractivity contribution in [3.63, 3.8) is 0 Å². The summed E-state index contributed by atoms with van der Waals surface area (Å²) in [5.41, 5.74) is 0. The van der Waals surface area contributed by atoms with Crippen LogP contribution in [0.15, 0.2) is 12.2 Å². The molecule has 0 saturated carbocycles. The summed E-state index contributed by atoms with van der Waals surface area (Å²) in [4.78, 5) is 0. The van der Waals surface area contributed by atoms with E-state index < -0.39 is 0 Å². The molecular weight excluding hydrogens is 96.1 g/mol. The van der Waals surface area contributed by atoms with Crippen molar-refractivity contribution in [1.29, 1.82) is 0 Å². The highest BCUT2D eigenvalue weighted by atomic mass is 13.8. The zero-order valence-electron chi connectivity index (χ0n) is 5.35. The number of unbranched alkanes of at least 4 members (excludes halogenated alkanes) is 1. The van der Waals surface area contributed by atoms with E-state index in [2.05, 4.69) is 18.9 Å². The van der Waals surface area contributed by atoms with Crippen LogP contribution in [0.25, 0.3) is 0 Å². The molecule has 0 heterocycles. The Bertz CT molecular complexity index is 93.1. The topological polar surface area (TPSA) is 0 Å². The van der Waals surface area contributed by atoms with Gasteiger partial charge in [-0.25, -0.2) is 0 Å². The number of hydrogen-bond acceptors (Lipinski definition) is 0. The third-order valence-corrected chi connectivity index (χ3v) is 0.858. The van der Waals surface area contributed by atoms with E-state index in [0.29, 0.717) is 0 Å². The van der Waals surface area contributed by atoms with Gasteiger partial charge < -0.3 is 0 Å². The molecule has 8 heavy (non-hydrogen) atoms. The summed E-state index contributed by atoms with van der Waals surface area (Å²) in [6.07, 6.45) is 12.3. The first-order valence-corrected chi connectivity index (χ1v) is 3.00. The minimum absolute atomic E-state index is 0.778. The van der Waals surface area contributed by atoms with E-state index in [9.17, 15) is 0 Å². The molecule has 0 aromatic heterocycles. The number of hydrogen-bond donors (Lipinski definition) is 0. The lowest BCUT2D eigenvalue weighted by atomic mass is 10.3. The molecule has 0 atom stereocenters. The van der Waals surface area contributed by atoms with Crippen molar-refractivity contribution in [1.82, 2.24) is 0 Å². The van der Waals surface area contributed by atoms with E-state index >= 15 is 0 Å². The average molecular weight is 108 g/mol. The molecule has 0 heteroatoms. The maximum Gasteiger partial charge on any atom is 0.0267 e. The van der Waals surface area contributed by atoms with Gasteiger partial charge in [0, 0.05) is 6.42 Å². The second-order valence-electron chi connectivity index (χ2n) is 1.67. The molecule has 0 unspecified atom stereocenters. The Kier molecular flexibility index (Phi) is 5.75. The molecule has 0 bridgehead atoms. The van der Waals surface area contributed by atoms with Crippen LogP contribution < -0.4 is 0 Å². The third-order valence-electron chi connectivity index (χ3n) is 0.858. The summed E-state index contributed by atoms with van der Waals surface area (Å²) >= 11 is 0. The fourth-order valence-electron chi connectivity index (χ4n) is 0.436. The standard InChI is InChI=1S/C8H12/c1-3-5-7-8-6-4-2/h1,7-8H,4-6H2,2H3/b8-7+. The molecule has 44 valence electrons. The highest BCUT2D eigenvalue weighted by molar-refractivity contribution is 4.95. The van der Waals surface area contributed by atoms with E-state index in [1.807, 2.05) is 6.08 Å². The van der Waals surface area contributed by atoms with Gasteiger partial charge in [-0.15, -0.1) is 12.3 Å². The molecular formula is C8H12. The molecule has 0 fully saturated rings. The zero-order chi connectivity index (χ0) is 6.24. The van der Waals surface area contributed by atoms with Crippen molar-refractivity contribution in [3.05, 3.63) is 12.2 Å². The molecule has 0 aliphatic carbocycles. The van der Waals surface area contributed by atoms with Gasteiger partial charge in [0.25, 0.3) is 0 Å². The second-order valence-corrected chi connectivity index (χ2v) is 1.67. The minimum atomic E-state index is 0.778. The Hall–Kier alpha value is -0.700. The normalized spacial score (nSPS) is 9.50. The van der Waals surface area contributed by atoms with Crippen LogP contribution >= 0.6 is 0 Å². The highest BCUT2D eigenvalue weighted by Crippen LogP contribution is 1.88. The van der Waals surface area contributed by atoms with Gasteiger partial charge in [-0.05, 0) is 6.42 Å². The lowest BCUT2D eigenvalue weighted by molar-refractivity contribution is 0.955. The molecule has 0 saturated heterocycles.